The van der Waals surface area contributed by atoms with Crippen LogP contribution in [0.15, 0.2) is 48.1 Å². The lowest BCUT2D eigenvalue weighted by Crippen LogP contribution is -2.38. The summed E-state index contributed by atoms with van der Waals surface area (Å²) in [7, 11) is 1.94. The Morgan fingerprint density at radius 3 is 2.88 bits per heavy atom. The van der Waals surface area contributed by atoms with E-state index in [0.717, 1.165) is 13.0 Å². The molecule has 0 aliphatic carbocycles. The number of carbonyl (C=O) groups is 1. The molecule has 3 heterocycles. The summed E-state index contributed by atoms with van der Waals surface area (Å²) in [5.41, 5.74) is 5.03. The van der Waals surface area contributed by atoms with Gasteiger partial charge in [0.05, 0.1) is 6.20 Å². The minimum atomic E-state index is 0.195. The van der Waals surface area contributed by atoms with Crippen molar-refractivity contribution in [1.82, 2.24) is 14.7 Å². The van der Waals surface area contributed by atoms with Crippen LogP contribution < -0.4 is 0 Å². The Morgan fingerprint density at radius 1 is 1.31 bits per heavy atom. The fraction of sp³-hybridized carbons (Fsp3) is 0.333. The second-order valence-electron chi connectivity index (χ2n) is 7.00. The van der Waals surface area contributed by atoms with Crippen LogP contribution in [0.5, 0.6) is 0 Å². The summed E-state index contributed by atoms with van der Waals surface area (Å²) in [6.45, 7) is 3.55. The predicted molar refractivity (Wildman–Crippen MR) is 104 cm³/mol. The van der Waals surface area contributed by atoms with Crippen molar-refractivity contribution in [2.75, 3.05) is 6.54 Å². The number of benzene rings is 1. The molecular weight excluding hydrogens is 342 g/mol. The van der Waals surface area contributed by atoms with Crippen LogP contribution in [0.2, 0.25) is 0 Å². The first-order valence-corrected chi connectivity index (χ1v) is 9.87. The summed E-state index contributed by atoms with van der Waals surface area (Å²) >= 11 is 1.75. The van der Waals surface area contributed by atoms with Gasteiger partial charge >= 0.3 is 0 Å². The van der Waals surface area contributed by atoms with E-state index in [0.29, 0.717) is 13.0 Å². The molecule has 1 unspecified atom stereocenters. The van der Waals surface area contributed by atoms with E-state index < -0.39 is 0 Å². The Bertz CT molecular complexity index is 927. The Hall–Kier alpha value is -2.40. The summed E-state index contributed by atoms with van der Waals surface area (Å²) in [6, 6.07) is 10.6. The van der Waals surface area contributed by atoms with Crippen LogP contribution in [0.3, 0.4) is 0 Å². The van der Waals surface area contributed by atoms with E-state index in [1.165, 1.54) is 27.1 Å². The van der Waals surface area contributed by atoms with Crippen LogP contribution in [-0.2, 0) is 24.8 Å². The van der Waals surface area contributed by atoms with E-state index in [4.69, 9.17) is 0 Å². The van der Waals surface area contributed by atoms with Gasteiger partial charge in [-0.3, -0.25) is 9.48 Å². The van der Waals surface area contributed by atoms with Gasteiger partial charge in [-0.05, 0) is 47.0 Å². The third-order valence-corrected chi connectivity index (χ3v) is 6.29. The van der Waals surface area contributed by atoms with Gasteiger partial charge in [0.2, 0.25) is 5.91 Å². The number of hydrogen-bond acceptors (Lipinski definition) is 3. The minimum Gasteiger partial charge on any atom is -0.337 e. The highest BCUT2D eigenvalue weighted by molar-refractivity contribution is 7.10. The second-order valence-corrected chi connectivity index (χ2v) is 8.00. The molecule has 0 saturated carbocycles. The molecular formula is C21H23N3OS. The zero-order valence-electron chi connectivity index (χ0n) is 15.2. The molecule has 0 fully saturated rings. The van der Waals surface area contributed by atoms with Crippen molar-refractivity contribution in [2.45, 2.75) is 32.2 Å². The van der Waals surface area contributed by atoms with Gasteiger partial charge in [0, 0.05) is 43.5 Å². The van der Waals surface area contributed by atoms with Gasteiger partial charge < -0.3 is 4.90 Å². The largest absolute Gasteiger partial charge is 0.337 e. The zero-order chi connectivity index (χ0) is 18.1. The molecule has 2 aromatic heterocycles. The first-order chi connectivity index (χ1) is 12.6. The van der Waals surface area contributed by atoms with E-state index in [2.05, 4.69) is 53.9 Å². The normalized spacial score (nSPS) is 16.5. The fourth-order valence-electron chi connectivity index (χ4n) is 3.74. The highest BCUT2D eigenvalue weighted by Crippen LogP contribution is 2.33. The van der Waals surface area contributed by atoms with Crippen molar-refractivity contribution in [2.24, 2.45) is 7.05 Å². The molecule has 1 aromatic carbocycles. The SMILES string of the molecule is Cc1ccsc1CCC(=O)N1Cc2ccccc2C(c2cnn(C)c2)C1. The number of nitrogens with zero attached hydrogens (tertiary/aromatic N) is 3. The average molecular weight is 366 g/mol. The Balaban J connectivity index is 1.54. The van der Waals surface area contributed by atoms with Crippen LogP contribution >= 0.6 is 11.3 Å². The number of hydrogen-bond donors (Lipinski definition) is 0. The lowest BCUT2D eigenvalue weighted by Gasteiger charge is -2.34. The molecule has 1 aliphatic rings. The number of amides is 1. The molecule has 0 saturated heterocycles. The molecule has 3 aromatic rings. The highest BCUT2D eigenvalue weighted by Gasteiger charge is 2.29. The van der Waals surface area contributed by atoms with Gasteiger partial charge in [0.1, 0.15) is 0 Å². The van der Waals surface area contributed by atoms with Crippen molar-refractivity contribution in [3.8, 4) is 0 Å². The maximum atomic E-state index is 12.9. The van der Waals surface area contributed by atoms with Gasteiger partial charge in [-0.25, -0.2) is 0 Å². The first-order valence-electron chi connectivity index (χ1n) is 8.99. The third-order valence-electron chi connectivity index (χ3n) is 5.21. The number of aryl methyl sites for hydroxylation is 3. The van der Waals surface area contributed by atoms with Crippen molar-refractivity contribution in [3.05, 3.63) is 75.2 Å². The van der Waals surface area contributed by atoms with Gasteiger partial charge in [0.15, 0.2) is 0 Å². The van der Waals surface area contributed by atoms with Crippen LogP contribution in [0.4, 0.5) is 0 Å². The zero-order valence-corrected chi connectivity index (χ0v) is 16.0. The van der Waals surface area contributed by atoms with Crippen LogP contribution in [0.1, 0.15) is 39.5 Å². The van der Waals surface area contributed by atoms with Crippen LogP contribution in [-0.4, -0.2) is 27.1 Å². The van der Waals surface area contributed by atoms with E-state index in [9.17, 15) is 4.79 Å². The molecule has 1 amide bonds. The number of fused-ring (bicyclic) bond motifs is 1. The van der Waals surface area contributed by atoms with Crippen molar-refractivity contribution in [3.63, 3.8) is 0 Å². The third kappa shape index (κ3) is 3.31. The summed E-state index contributed by atoms with van der Waals surface area (Å²) in [6.07, 6.45) is 5.39. The van der Waals surface area contributed by atoms with Crippen molar-refractivity contribution >= 4 is 17.2 Å². The Kier molecular flexibility index (Phi) is 4.64. The summed E-state index contributed by atoms with van der Waals surface area (Å²) in [4.78, 5) is 16.2. The molecule has 1 aliphatic heterocycles. The molecule has 0 radical (unpaired) electrons. The molecule has 4 nitrogen and oxygen atoms in total. The number of thiophene rings is 1. The number of aromatic nitrogens is 2. The quantitative estimate of drug-likeness (QED) is 0.703. The average Bonchev–Trinajstić information content (AvgIpc) is 3.27. The number of carbonyl (C=O) groups excluding carboxylic acids is 1. The molecule has 0 N–H and O–H groups in total. The molecule has 26 heavy (non-hydrogen) atoms. The molecule has 0 spiro atoms. The van der Waals surface area contributed by atoms with E-state index in [1.54, 1.807) is 11.3 Å². The Morgan fingerprint density at radius 2 is 2.15 bits per heavy atom. The van der Waals surface area contributed by atoms with Gasteiger partial charge in [0.25, 0.3) is 0 Å². The maximum Gasteiger partial charge on any atom is 0.223 e. The first kappa shape index (κ1) is 17.0. The molecule has 134 valence electrons. The molecule has 4 rings (SSSR count). The van der Waals surface area contributed by atoms with Crippen LogP contribution in [0.25, 0.3) is 0 Å². The minimum absolute atomic E-state index is 0.195. The van der Waals surface area contributed by atoms with E-state index in [1.807, 2.05) is 22.8 Å². The van der Waals surface area contributed by atoms with Gasteiger partial charge in [-0.1, -0.05) is 24.3 Å². The van der Waals surface area contributed by atoms with Crippen molar-refractivity contribution in [1.29, 1.82) is 0 Å². The lowest BCUT2D eigenvalue weighted by molar-refractivity contribution is -0.132. The molecule has 0 bridgehead atoms. The standard InChI is InChI=1S/C21H23N3OS/c1-15-9-10-26-20(15)7-8-21(25)24-13-16-5-3-4-6-18(16)19(14-24)17-11-22-23(2)12-17/h3-6,9-12,19H,7-8,13-14H2,1-2H3. The van der Waals surface area contributed by atoms with Gasteiger partial charge in [-0.2, -0.15) is 5.10 Å². The van der Waals surface area contributed by atoms with E-state index >= 15 is 0 Å². The van der Waals surface area contributed by atoms with Crippen LogP contribution in [0, 0.1) is 6.92 Å². The Labute approximate surface area is 158 Å². The van der Waals surface area contributed by atoms with Crippen molar-refractivity contribution < 1.29 is 4.79 Å². The fourth-order valence-corrected chi connectivity index (χ4v) is 4.65. The second kappa shape index (κ2) is 7.08. The topological polar surface area (TPSA) is 38.1 Å². The lowest BCUT2D eigenvalue weighted by atomic mass is 9.86. The molecule has 1 atom stereocenters. The number of rotatable bonds is 4. The van der Waals surface area contributed by atoms with E-state index in [-0.39, 0.29) is 11.8 Å². The summed E-state index contributed by atoms with van der Waals surface area (Å²) in [5, 5.41) is 6.43. The molecule has 5 heteroatoms. The smallest absolute Gasteiger partial charge is 0.223 e. The summed E-state index contributed by atoms with van der Waals surface area (Å²) < 4.78 is 1.83. The highest BCUT2D eigenvalue weighted by atomic mass is 32.1. The van der Waals surface area contributed by atoms with Gasteiger partial charge in [-0.15, -0.1) is 11.3 Å². The monoisotopic (exact) mass is 365 g/mol. The predicted octanol–water partition coefficient (Wildman–Crippen LogP) is 3.90. The maximum absolute atomic E-state index is 12.9. The summed E-state index contributed by atoms with van der Waals surface area (Å²) in [5.74, 6) is 0.433.